The Kier molecular flexibility index (Phi) is 17.3. The predicted octanol–water partition coefficient (Wildman–Crippen LogP) is 0.487. The zero-order valence-corrected chi connectivity index (χ0v) is 17.8. The predicted molar refractivity (Wildman–Crippen MR) is 111 cm³/mol. The fourth-order valence-electron chi connectivity index (χ4n) is 2.19. The van der Waals surface area contributed by atoms with E-state index < -0.39 is 12.6 Å². The summed E-state index contributed by atoms with van der Waals surface area (Å²) in [6.45, 7) is 4.27. The minimum atomic E-state index is -1.12. The van der Waals surface area contributed by atoms with Crippen LogP contribution >= 0.6 is 0 Å². The summed E-state index contributed by atoms with van der Waals surface area (Å²) >= 11 is 0. The number of carboxylic acid groups (broad SMARTS) is 1. The second-order valence-electron chi connectivity index (χ2n) is 6.22. The molecule has 1 aromatic rings. The Morgan fingerprint density at radius 1 is 0.677 bits per heavy atom. The number of benzene rings is 1. The molecule has 0 aliphatic carbocycles. The first kappa shape index (κ1) is 27.0. The zero-order valence-electron chi connectivity index (χ0n) is 17.8. The Morgan fingerprint density at radius 2 is 1.19 bits per heavy atom. The average Bonchev–Trinajstić information content (AvgIpc) is 2.76. The first-order valence-electron chi connectivity index (χ1n) is 10.2. The molecule has 0 heterocycles. The second-order valence-corrected chi connectivity index (χ2v) is 6.22. The summed E-state index contributed by atoms with van der Waals surface area (Å²) in [4.78, 5) is 21.5. The molecule has 0 saturated carbocycles. The lowest BCUT2D eigenvalue weighted by molar-refractivity contribution is -0.143. The summed E-state index contributed by atoms with van der Waals surface area (Å²) in [5.41, 5.74) is 1.14. The van der Waals surface area contributed by atoms with E-state index in [-0.39, 0.29) is 12.5 Å². The van der Waals surface area contributed by atoms with Gasteiger partial charge in [0.25, 0.3) is 0 Å². The molecule has 0 saturated heterocycles. The van der Waals surface area contributed by atoms with Crippen LogP contribution in [0, 0.1) is 0 Å². The van der Waals surface area contributed by atoms with Crippen molar-refractivity contribution in [3.8, 4) is 0 Å². The molecule has 0 aliphatic heterocycles. The molecule has 2 N–H and O–H groups in total. The molecule has 0 spiro atoms. The lowest BCUT2D eigenvalue weighted by Gasteiger charge is -2.08. The van der Waals surface area contributed by atoms with Gasteiger partial charge in [-0.3, -0.25) is 4.79 Å². The quantitative estimate of drug-likeness (QED) is 0.261. The number of rotatable bonds is 21. The number of nitrogens with one attached hydrogen (secondary N) is 1. The van der Waals surface area contributed by atoms with E-state index in [0.29, 0.717) is 72.6 Å². The van der Waals surface area contributed by atoms with Crippen molar-refractivity contribution in [1.82, 2.24) is 5.32 Å². The molecule has 0 unspecified atom stereocenters. The summed E-state index contributed by atoms with van der Waals surface area (Å²) in [7, 11) is 0. The Morgan fingerprint density at radius 3 is 1.74 bits per heavy atom. The number of hydrogen-bond donors (Lipinski definition) is 2. The minimum Gasteiger partial charge on any atom is -0.480 e. The van der Waals surface area contributed by atoms with Gasteiger partial charge in [-0.2, -0.15) is 0 Å². The lowest BCUT2D eigenvalue weighted by Crippen LogP contribution is -2.31. The molecule has 0 fully saturated rings. The molecule has 1 rings (SSSR count). The van der Waals surface area contributed by atoms with Gasteiger partial charge in [0.05, 0.1) is 66.1 Å². The van der Waals surface area contributed by atoms with E-state index >= 15 is 0 Å². The molecule has 10 nitrogen and oxygen atoms in total. The summed E-state index contributed by atoms with van der Waals surface area (Å²) in [5, 5.41) is 10.9. The maximum absolute atomic E-state index is 11.3. The Balaban J connectivity index is 1.71. The average molecular weight is 443 g/mol. The van der Waals surface area contributed by atoms with Gasteiger partial charge in [-0.05, 0) is 5.56 Å². The monoisotopic (exact) mass is 443 g/mol. The summed E-state index contributed by atoms with van der Waals surface area (Å²) < 4.78 is 31.7. The van der Waals surface area contributed by atoms with Crippen LogP contribution in [0.4, 0.5) is 0 Å². The van der Waals surface area contributed by atoms with Gasteiger partial charge in [0, 0.05) is 6.54 Å². The van der Waals surface area contributed by atoms with Gasteiger partial charge in [0.1, 0.15) is 13.2 Å². The van der Waals surface area contributed by atoms with Crippen LogP contribution in [0.1, 0.15) is 5.56 Å². The fourth-order valence-corrected chi connectivity index (χ4v) is 2.19. The van der Waals surface area contributed by atoms with E-state index in [2.05, 4.69) is 10.1 Å². The summed E-state index contributed by atoms with van der Waals surface area (Å²) in [6.07, 6.45) is 0. The van der Waals surface area contributed by atoms with Gasteiger partial charge in [-0.1, -0.05) is 30.3 Å². The van der Waals surface area contributed by atoms with Crippen LogP contribution < -0.4 is 5.32 Å². The van der Waals surface area contributed by atoms with E-state index in [1.807, 2.05) is 30.3 Å². The number of amides is 1. The normalized spacial score (nSPS) is 10.8. The first-order valence-corrected chi connectivity index (χ1v) is 10.2. The molecular weight excluding hydrogens is 410 g/mol. The second kappa shape index (κ2) is 19.9. The zero-order chi connectivity index (χ0) is 22.4. The molecule has 31 heavy (non-hydrogen) atoms. The van der Waals surface area contributed by atoms with Crippen LogP contribution in [0.2, 0.25) is 0 Å². The molecule has 176 valence electrons. The van der Waals surface area contributed by atoms with Crippen molar-refractivity contribution in [3.05, 3.63) is 35.9 Å². The van der Waals surface area contributed by atoms with Gasteiger partial charge in [-0.15, -0.1) is 0 Å². The van der Waals surface area contributed by atoms with Crippen LogP contribution in [0.5, 0.6) is 0 Å². The summed E-state index contributed by atoms with van der Waals surface area (Å²) in [5.74, 6) is -1.50. The lowest BCUT2D eigenvalue weighted by atomic mass is 10.2. The van der Waals surface area contributed by atoms with E-state index in [1.165, 1.54) is 0 Å². The maximum Gasteiger partial charge on any atom is 0.329 e. The SMILES string of the molecule is O=C(O)COCC(=O)NCCOCCOCCOCCOCCOCc1ccccc1. The molecule has 10 heteroatoms. The molecular formula is C21H33NO9. The van der Waals surface area contributed by atoms with Crippen molar-refractivity contribution in [3.63, 3.8) is 0 Å². The molecule has 0 aliphatic rings. The summed E-state index contributed by atoms with van der Waals surface area (Å²) in [6, 6.07) is 9.99. The number of carbonyl (C=O) groups excluding carboxylic acids is 1. The van der Waals surface area contributed by atoms with Crippen molar-refractivity contribution in [1.29, 1.82) is 0 Å². The largest absolute Gasteiger partial charge is 0.480 e. The highest BCUT2D eigenvalue weighted by atomic mass is 16.6. The first-order chi connectivity index (χ1) is 15.2. The van der Waals surface area contributed by atoms with E-state index in [9.17, 15) is 9.59 Å². The third-order valence-corrected chi connectivity index (χ3v) is 3.63. The van der Waals surface area contributed by atoms with Gasteiger partial charge < -0.3 is 38.8 Å². The van der Waals surface area contributed by atoms with Crippen molar-refractivity contribution in [2.75, 3.05) is 79.2 Å². The van der Waals surface area contributed by atoms with Gasteiger partial charge in [0.15, 0.2) is 0 Å². The number of carboxylic acids is 1. The molecule has 0 radical (unpaired) electrons. The molecule has 1 amide bonds. The Labute approximate surface area is 182 Å². The Bertz CT molecular complexity index is 571. The molecule has 0 aromatic heterocycles. The van der Waals surface area contributed by atoms with E-state index in [4.69, 9.17) is 28.8 Å². The highest BCUT2D eigenvalue weighted by Gasteiger charge is 2.03. The fraction of sp³-hybridized carbons (Fsp3) is 0.619. The number of hydrogen-bond acceptors (Lipinski definition) is 8. The van der Waals surface area contributed by atoms with Crippen molar-refractivity contribution < 1.29 is 43.1 Å². The van der Waals surface area contributed by atoms with Crippen LogP contribution in [0.25, 0.3) is 0 Å². The van der Waals surface area contributed by atoms with Gasteiger partial charge >= 0.3 is 5.97 Å². The van der Waals surface area contributed by atoms with Crippen LogP contribution in [-0.4, -0.2) is 96.2 Å². The Hall–Kier alpha value is -2.08. The number of carbonyl (C=O) groups is 2. The van der Waals surface area contributed by atoms with Gasteiger partial charge in [-0.25, -0.2) is 4.79 Å². The molecule has 1 aromatic carbocycles. The smallest absolute Gasteiger partial charge is 0.329 e. The van der Waals surface area contributed by atoms with E-state index in [1.54, 1.807) is 0 Å². The standard InChI is InChI=1S/C21H33NO9/c23-20(17-31-18-21(24)25)22-6-7-26-8-9-27-10-11-28-12-13-29-14-15-30-16-19-4-2-1-3-5-19/h1-5H,6-18H2,(H,22,23)(H,24,25). The van der Waals surface area contributed by atoms with Crippen LogP contribution in [0.3, 0.4) is 0 Å². The highest BCUT2D eigenvalue weighted by Crippen LogP contribution is 1.99. The number of aliphatic carboxylic acids is 1. The van der Waals surface area contributed by atoms with Crippen LogP contribution in [0.15, 0.2) is 30.3 Å². The van der Waals surface area contributed by atoms with Crippen LogP contribution in [-0.2, 0) is 44.6 Å². The minimum absolute atomic E-state index is 0.289. The molecule has 0 bridgehead atoms. The van der Waals surface area contributed by atoms with Gasteiger partial charge in [0.2, 0.25) is 5.91 Å². The number of ether oxygens (including phenoxy) is 6. The van der Waals surface area contributed by atoms with Crippen molar-refractivity contribution in [2.24, 2.45) is 0 Å². The highest BCUT2D eigenvalue weighted by molar-refractivity contribution is 5.77. The van der Waals surface area contributed by atoms with E-state index in [0.717, 1.165) is 5.56 Å². The topological polar surface area (TPSA) is 122 Å². The third-order valence-electron chi connectivity index (χ3n) is 3.63. The third kappa shape index (κ3) is 18.4. The molecule has 0 atom stereocenters. The van der Waals surface area contributed by atoms with Crippen molar-refractivity contribution >= 4 is 11.9 Å². The maximum atomic E-state index is 11.3. The van der Waals surface area contributed by atoms with Crippen molar-refractivity contribution in [2.45, 2.75) is 6.61 Å².